The molecule has 20 heavy (non-hydrogen) atoms. The summed E-state index contributed by atoms with van der Waals surface area (Å²) in [5, 5.41) is 3.24. The number of hydrogen-bond acceptors (Lipinski definition) is 3. The van der Waals surface area contributed by atoms with Gasteiger partial charge < -0.3 is 10.2 Å². The van der Waals surface area contributed by atoms with Gasteiger partial charge in [0.05, 0.1) is 0 Å². The van der Waals surface area contributed by atoms with Crippen LogP contribution in [0.15, 0.2) is 36.4 Å². The molecule has 0 radical (unpaired) electrons. The van der Waals surface area contributed by atoms with Crippen LogP contribution in [0, 0.1) is 13.8 Å². The Morgan fingerprint density at radius 2 is 1.85 bits per heavy atom. The largest absolute Gasteiger partial charge is 0.355 e. The summed E-state index contributed by atoms with van der Waals surface area (Å²) in [4.78, 5) is 6.96. The first-order valence-corrected chi connectivity index (χ1v) is 6.98. The fourth-order valence-corrected chi connectivity index (χ4v) is 2.49. The van der Waals surface area contributed by atoms with E-state index in [4.69, 9.17) is 4.98 Å². The van der Waals surface area contributed by atoms with Gasteiger partial charge >= 0.3 is 0 Å². The highest BCUT2D eigenvalue weighted by Crippen LogP contribution is 2.23. The monoisotopic (exact) mass is 269 g/mol. The Kier molecular flexibility index (Phi) is 4.74. The van der Waals surface area contributed by atoms with Crippen molar-refractivity contribution in [2.75, 3.05) is 19.0 Å². The van der Waals surface area contributed by atoms with Gasteiger partial charge in [0.15, 0.2) is 0 Å². The van der Waals surface area contributed by atoms with Crippen molar-refractivity contribution in [2.24, 2.45) is 0 Å². The van der Waals surface area contributed by atoms with Crippen molar-refractivity contribution in [2.45, 2.75) is 26.9 Å². The van der Waals surface area contributed by atoms with Gasteiger partial charge in [-0.2, -0.15) is 0 Å². The number of benzene rings is 1. The summed E-state index contributed by atoms with van der Waals surface area (Å²) in [5.74, 6) is 1.07. The SMILES string of the molecule is CNCc1c(C)cc(C)nc1N(C)Cc1ccccc1. The Hall–Kier alpha value is -1.87. The second kappa shape index (κ2) is 6.53. The molecule has 0 saturated carbocycles. The first kappa shape index (κ1) is 14.5. The van der Waals surface area contributed by atoms with Gasteiger partial charge in [0.1, 0.15) is 5.82 Å². The molecule has 2 aromatic rings. The summed E-state index contributed by atoms with van der Waals surface area (Å²) in [6, 6.07) is 12.6. The van der Waals surface area contributed by atoms with Crippen molar-refractivity contribution >= 4 is 5.82 Å². The highest BCUT2D eigenvalue weighted by Gasteiger charge is 2.12. The Morgan fingerprint density at radius 1 is 1.15 bits per heavy atom. The lowest BCUT2D eigenvalue weighted by atomic mass is 10.1. The van der Waals surface area contributed by atoms with Crippen LogP contribution >= 0.6 is 0 Å². The Morgan fingerprint density at radius 3 is 2.50 bits per heavy atom. The van der Waals surface area contributed by atoms with E-state index < -0.39 is 0 Å². The zero-order chi connectivity index (χ0) is 14.5. The number of aryl methyl sites for hydroxylation is 2. The second-order valence-corrected chi connectivity index (χ2v) is 5.25. The third kappa shape index (κ3) is 3.36. The van der Waals surface area contributed by atoms with E-state index in [-0.39, 0.29) is 0 Å². The molecule has 1 heterocycles. The van der Waals surface area contributed by atoms with Gasteiger partial charge in [0.2, 0.25) is 0 Å². The maximum atomic E-state index is 4.73. The molecule has 2 rings (SSSR count). The lowest BCUT2D eigenvalue weighted by molar-refractivity contribution is 0.786. The zero-order valence-electron chi connectivity index (χ0n) is 12.8. The molecule has 0 aliphatic rings. The highest BCUT2D eigenvalue weighted by molar-refractivity contribution is 5.51. The van der Waals surface area contributed by atoms with Crippen LogP contribution in [0.2, 0.25) is 0 Å². The molecule has 3 nitrogen and oxygen atoms in total. The van der Waals surface area contributed by atoms with Crippen molar-refractivity contribution in [3.05, 3.63) is 58.8 Å². The number of pyridine rings is 1. The second-order valence-electron chi connectivity index (χ2n) is 5.25. The predicted octanol–water partition coefficient (Wildman–Crippen LogP) is 3.05. The van der Waals surface area contributed by atoms with E-state index in [1.54, 1.807) is 0 Å². The average molecular weight is 269 g/mol. The van der Waals surface area contributed by atoms with Crippen molar-refractivity contribution in [3.8, 4) is 0 Å². The van der Waals surface area contributed by atoms with Gasteiger partial charge in [-0.25, -0.2) is 4.98 Å². The van der Waals surface area contributed by atoms with Crippen molar-refractivity contribution in [3.63, 3.8) is 0 Å². The quantitative estimate of drug-likeness (QED) is 0.904. The van der Waals surface area contributed by atoms with Gasteiger partial charge in [0.25, 0.3) is 0 Å². The summed E-state index contributed by atoms with van der Waals surface area (Å²) in [6.07, 6.45) is 0. The molecule has 0 saturated heterocycles. The van der Waals surface area contributed by atoms with Crippen molar-refractivity contribution in [1.82, 2.24) is 10.3 Å². The maximum Gasteiger partial charge on any atom is 0.133 e. The van der Waals surface area contributed by atoms with Gasteiger partial charge in [-0.1, -0.05) is 30.3 Å². The van der Waals surface area contributed by atoms with E-state index in [9.17, 15) is 0 Å². The predicted molar refractivity (Wildman–Crippen MR) is 85.0 cm³/mol. The van der Waals surface area contributed by atoms with Crippen LogP contribution in [0.4, 0.5) is 5.82 Å². The molecule has 0 bridgehead atoms. The number of nitrogens with zero attached hydrogens (tertiary/aromatic N) is 2. The highest BCUT2D eigenvalue weighted by atomic mass is 15.2. The smallest absolute Gasteiger partial charge is 0.133 e. The number of hydrogen-bond donors (Lipinski definition) is 1. The molecule has 106 valence electrons. The summed E-state index contributed by atoms with van der Waals surface area (Å²) in [6.45, 7) is 5.91. The molecule has 1 aromatic heterocycles. The Balaban J connectivity index is 2.30. The average Bonchev–Trinajstić information content (AvgIpc) is 2.42. The normalized spacial score (nSPS) is 10.6. The number of anilines is 1. The fourth-order valence-electron chi connectivity index (χ4n) is 2.49. The molecule has 0 spiro atoms. The van der Waals surface area contributed by atoms with Crippen LogP contribution in [-0.4, -0.2) is 19.1 Å². The first-order chi connectivity index (χ1) is 9.61. The van der Waals surface area contributed by atoms with Gasteiger partial charge in [0, 0.05) is 31.4 Å². The molecule has 0 aliphatic heterocycles. The van der Waals surface area contributed by atoms with Gasteiger partial charge in [-0.05, 0) is 38.1 Å². The Labute approximate surface area is 121 Å². The molecule has 0 aliphatic carbocycles. The van der Waals surface area contributed by atoms with Crippen LogP contribution in [-0.2, 0) is 13.1 Å². The van der Waals surface area contributed by atoms with Crippen molar-refractivity contribution < 1.29 is 0 Å². The third-order valence-corrected chi connectivity index (χ3v) is 3.43. The van der Waals surface area contributed by atoms with Crippen LogP contribution in [0.25, 0.3) is 0 Å². The lowest BCUT2D eigenvalue weighted by Gasteiger charge is -2.23. The fraction of sp³-hybridized carbons (Fsp3) is 0.353. The molecule has 1 aromatic carbocycles. The topological polar surface area (TPSA) is 28.2 Å². The molecule has 0 amide bonds. The first-order valence-electron chi connectivity index (χ1n) is 6.98. The lowest BCUT2D eigenvalue weighted by Crippen LogP contribution is -2.22. The number of aromatic nitrogens is 1. The molecule has 0 unspecified atom stereocenters. The van der Waals surface area contributed by atoms with E-state index in [0.29, 0.717) is 0 Å². The summed E-state index contributed by atoms with van der Waals surface area (Å²) >= 11 is 0. The van der Waals surface area contributed by atoms with E-state index in [0.717, 1.165) is 24.6 Å². The number of nitrogens with one attached hydrogen (secondary N) is 1. The van der Waals surface area contributed by atoms with Crippen LogP contribution in [0.3, 0.4) is 0 Å². The molecular weight excluding hydrogens is 246 g/mol. The van der Waals surface area contributed by atoms with E-state index in [2.05, 4.69) is 61.4 Å². The van der Waals surface area contributed by atoms with E-state index in [1.165, 1.54) is 16.7 Å². The van der Waals surface area contributed by atoms with Gasteiger partial charge in [-0.15, -0.1) is 0 Å². The van der Waals surface area contributed by atoms with Crippen LogP contribution in [0.5, 0.6) is 0 Å². The third-order valence-electron chi connectivity index (χ3n) is 3.43. The van der Waals surface area contributed by atoms with Gasteiger partial charge in [-0.3, -0.25) is 0 Å². The molecule has 0 atom stereocenters. The minimum Gasteiger partial charge on any atom is -0.355 e. The number of rotatable bonds is 5. The summed E-state index contributed by atoms with van der Waals surface area (Å²) in [5.41, 5.74) is 4.93. The van der Waals surface area contributed by atoms with E-state index in [1.807, 2.05) is 13.1 Å². The van der Waals surface area contributed by atoms with E-state index >= 15 is 0 Å². The zero-order valence-corrected chi connectivity index (χ0v) is 12.8. The molecular formula is C17H23N3. The van der Waals surface area contributed by atoms with Crippen LogP contribution in [0.1, 0.15) is 22.4 Å². The standard InChI is InChI=1S/C17H23N3/c1-13-10-14(2)19-17(16(13)11-18-3)20(4)12-15-8-6-5-7-9-15/h5-10,18H,11-12H2,1-4H3. The maximum absolute atomic E-state index is 4.73. The minimum absolute atomic E-state index is 0.841. The Bertz CT molecular complexity index is 564. The summed E-state index contributed by atoms with van der Waals surface area (Å²) in [7, 11) is 4.08. The summed E-state index contributed by atoms with van der Waals surface area (Å²) < 4.78 is 0. The molecule has 3 heteroatoms. The van der Waals surface area contributed by atoms with Crippen LogP contribution < -0.4 is 10.2 Å². The molecule has 0 fully saturated rings. The molecule has 1 N–H and O–H groups in total. The van der Waals surface area contributed by atoms with Crippen molar-refractivity contribution in [1.29, 1.82) is 0 Å². The minimum atomic E-state index is 0.841.